The third-order valence-electron chi connectivity index (χ3n) is 3.23. The van der Waals surface area contributed by atoms with Gasteiger partial charge < -0.3 is 9.84 Å². The number of hydrogen-bond donors (Lipinski definition) is 1. The van der Waals surface area contributed by atoms with Crippen LogP contribution in [0.1, 0.15) is 27.2 Å². The molecule has 0 spiro atoms. The summed E-state index contributed by atoms with van der Waals surface area (Å²) in [5.41, 5.74) is -0.200. The predicted molar refractivity (Wildman–Crippen MR) is 39.8 cm³/mol. The molecule has 0 saturated heterocycles. The maximum Gasteiger partial charge on any atom is 0.0750 e. The second-order valence-electron chi connectivity index (χ2n) is 3.88. The summed E-state index contributed by atoms with van der Waals surface area (Å²) in [6, 6.07) is 0. The fourth-order valence-electron chi connectivity index (χ4n) is 1.45. The van der Waals surface area contributed by atoms with Crippen molar-refractivity contribution in [2.75, 3.05) is 7.11 Å². The van der Waals surface area contributed by atoms with Crippen molar-refractivity contribution in [2.24, 2.45) is 5.41 Å². The zero-order valence-electron chi connectivity index (χ0n) is 7.14. The van der Waals surface area contributed by atoms with Crippen molar-refractivity contribution in [2.45, 2.75) is 38.9 Å². The Balaban J connectivity index is 2.70. The van der Waals surface area contributed by atoms with Crippen molar-refractivity contribution in [3.63, 3.8) is 0 Å². The monoisotopic (exact) mass is 144 g/mol. The molecule has 0 radical (unpaired) electrons. The van der Waals surface area contributed by atoms with Crippen LogP contribution in [0.4, 0.5) is 0 Å². The molecule has 0 amide bonds. The Morgan fingerprint density at radius 2 is 1.90 bits per heavy atom. The summed E-state index contributed by atoms with van der Waals surface area (Å²) < 4.78 is 5.30. The zero-order chi connectivity index (χ0) is 7.99. The first-order valence-electron chi connectivity index (χ1n) is 3.67. The smallest absolute Gasteiger partial charge is 0.0750 e. The van der Waals surface area contributed by atoms with Gasteiger partial charge in [0.25, 0.3) is 0 Å². The molecule has 60 valence electrons. The largest absolute Gasteiger partial charge is 0.392 e. The van der Waals surface area contributed by atoms with Crippen LogP contribution < -0.4 is 0 Å². The van der Waals surface area contributed by atoms with E-state index < -0.39 is 0 Å². The Hall–Kier alpha value is -0.0800. The van der Waals surface area contributed by atoms with E-state index in [0.717, 1.165) is 6.42 Å². The minimum atomic E-state index is -0.197. The number of hydrogen-bond acceptors (Lipinski definition) is 2. The molecule has 0 aromatic rings. The first-order valence-corrected chi connectivity index (χ1v) is 3.67. The lowest BCUT2D eigenvalue weighted by Gasteiger charge is -2.56. The Bertz CT molecular complexity index is 139. The fraction of sp³-hybridized carbons (Fsp3) is 1.00. The predicted octanol–water partition coefficient (Wildman–Crippen LogP) is 1.18. The third-order valence-corrected chi connectivity index (χ3v) is 3.23. The average molecular weight is 144 g/mol. The summed E-state index contributed by atoms with van der Waals surface area (Å²) in [5, 5.41) is 9.36. The van der Waals surface area contributed by atoms with E-state index in [9.17, 15) is 5.11 Å². The molecule has 0 aromatic heterocycles. The topological polar surface area (TPSA) is 29.5 Å². The lowest BCUT2D eigenvalue weighted by Crippen LogP contribution is -2.63. The summed E-state index contributed by atoms with van der Waals surface area (Å²) in [7, 11) is 1.70. The van der Waals surface area contributed by atoms with Crippen LogP contribution in [0, 0.1) is 5.41 Å². The van der Waals surface area contributed by atoms with Crippen molar-refractivity contribution in [1.82, 2.24) is 0 Å². The van der Waals surface area contributed by atoms with Crippen molar-refractivity contribution < 1.29 is 9.84 Å². The van der Waals surface area contributed by atoms with E-state index in [4.69, 9.17) is 4.74 Å². The second kappa shape index (κ2) is 1.95. The molecular formula is C8H16O2. The van der Waals surface area contributed by atoms with Gasteiger partial charge in [0.15, 0.2) is 0 Å². The fourth-order valence-corrected chi connectivity index (χ4v) is 1.45. The van der Waals surface area contributed by atoms with Gasteiger partial charge in [0, 0.05) is 18.9 Å². The molecule has 1 fully saturated rings. The van der Waals surface area contributed by atoms with Gasteiger partial charge in [0.05, 0.1) is 11.7 Å². The number of aliphatic hydroxyl groups excluding tert-OH is 1. The lowest BCUT2D eigenvalue weighted by atomic mass is 9.57. The van der Waals surface area contributed by atoms with Gasteiger partial charge >= 0.3 is 0 Å². The Morgan fingerprint density at radius 1 is 1.40 bits per heavy atom. The zero-order valence-corrected chi connectivity index (χ0v) is 7.14. The van der Waals surface area contributed by atoms with Crippen LogP contribution in [0.25, 0.3) is 0 Å². The SMILES string of the molecule is CO[C@@]1(C)C[C@@H](O)C1(C)C. The molecule has 2 nitrogen and oxygen atoms in total. The average Bonchev–Trinajstić information content (AvgIpc) is 1.88. The maximum absolute atomic E-state index is 9.36. The van der Waals surface area contributed by atoms with Crippen LogP contribution in [0.5, 0.6) is 0 Å². The molecule has 0 heterocycles. The van der Waals surface area contributed by atoms with E-state index >= 15 is 0 Å². The molecule has 1 saturated carbocycles. The van der Waals surface area contributed by atoms with E-state index in [1.807, 2.05) is 20.8 Å². The van der Waals surface area contributed by atoms with Gasteiger partial charge in [0.2, 0.25) is 0 Å². The normalized spacial score (nSPS) is 44.7. The number of ether oxygens (including phenoxy) is 1. The highest BCUT2D eigenvalue weighted by Gasteiger charge is 2.57. The summed E-state index contributed by atoms with van der Waals surface area (Å²) in [5.74, 6) is 0. The number of aliphatic hydroxyl groups is 1. The van der Waals surface area contributed by atoms with Crippen LogP contribution >= 0.6 is 0 Å². The first kappa shape index (κ1) is 8.02. The molecule has 1 aliphatic rings. The van der Waals surface area contributed by atoms with E-state index in [2.05, 4.69) is 0 Å². The Morgan fingerprint density at radius 3 is 2.00 bits per heavy atom. The summed E-state index contributed by atoms with van der Waals surface area (Å²) in [6.07, 6.45) is 0.564. The third kappa shape index (κ3) is 0.722. The van der Waals surface area contributed by atoms with E-state index in [1.165, 1.54) is 0 Å². The van der Waals surface area contributed by atoms with Gasteiger partial charge in [-0.15, -0.1) is 0 Å². The highest BCUT2D eigenvalue weighted by Crippen LogP contribution is 2.51. The van der Waals surface area contributed by atoms with Gasteiger partial charge in [0.1, 0.15) is 0 Å². The molecule has 1 aliphatic carbocycles. The first-order chi connectivity index (χ1) is 4.44. The highest BCUT2D eigenvalue weighted by molar-refractivity contribution is 5.07. The minimum Gasteiger partial charge on any atom is -0.392 e. The molecule has 0 bridgehead atoms. The van der Waals surface area contributed by atoms with Crippen LogP contribution in [0.15, 0.2) is 0 Å². The molecule has 10 heavy (non-hydrogen) atoms. The molecule has 0 aliphatic heterocycles. The standard InChI is InChI=1S/C8H16O2/c1-7(2)6(9)5-8(7,3)10-4/h6,9H,5H2,1-4H3/t6-,8+/m1/s1. The second-order valence-corrected chi connectivity index (χ2v) is 3.88. The van der Waals surface area contributed by atoms with Gasteiger partial charge in [-0.3, -0.25) is 0 Å². The Kier molecular flexibility index (Phi) is 1.57. The van der Waals surface area contributed by atoms with Gasteiger partial charge in [-0.1, -0.05) is 13.8 Å². The van der Waals surface area contributed by atoms with Gasteiger partial charge in [-0.25, -0.2) is 0 Å². The van der Waals surface area contributed by atoms with E-state index in [1.54, 1.807) is 7.11 Å². The van der Waals surface area contributed by atoms with E-state index in [0.29, 0.717) is 0 Å². The van der Waals surface area contributed by atoms with Crippen molar-refractivity contribution in [3.8, 4) is 0 Å². The Labute approximate surface area is 62.2 Å². The van der Waals surface area contributed by atoms with Gasteiger partial charge in [-0.05, 0) is 6.92 Å². The van der Waals surface area contributed by atoms with Crippen molar-refractivity contribution in [3.05, 3.63) is 0 Å². The van der Waals surface area contributed by atoms with Crippen molar-refractivity contribution in [1.29, 1.82) is 0 Å². The molecule has 2 heteroatoms. The molecule has 1 N–H and O–H groups in total. The summed E-state index contributed by atoms with van der Waals surface area (Å²) in [6.45, 7) is 6.11. The van der Waals surface area contributed by atoms with Crippen molar-refractivity contribution >= 4 is 0 Å². The molecule has 1 rings (SSSR count). The number of methoxy groups -OCH3 is 1. The molecule has 0 unspecified atom stereocenters. The minimum absolute atomic E-state index is 0.0816. The molecule has 0 aromatic carbocycles. The summed E-state index contributed by atoms with van der Waals surface area (Å²) >= 11 is 0. The van der Waals surface area contributed by atoms with Crippen LogP contribution in [0.3, 0.4) is 0 Å². The number of rotatable bonds is 1. The molecule has 2 atom stereocenters. The summed E-state index contributed by atoms with van der Waals surface area (Å²) in [4.78, 5) is 0. The lowest BCUT2D eigenvalue weighted by molar-refractivity contribution is -0.229. The maximum atomic E-state index is 9.36. The van der Waals surface area contributed by atoms with Crippen LogP contribution in [0.2, 0.25) is 0 Å². The quantitative estimate of drug-likeness (QED) is 0.599. The highest BCUT2D eigenvalue weighted by atomic mass is 16.5. The van der Waals surface area contributed by atoms with E-state index in [-0.39, 0.29) is 17.1 Å². The van der Waals surface area contributed by atoms with Gasteiger partial charge in [-0.2, -0.15) is 0 Å². The van der Waals surface area contributed by atoms with Crippen LogP contribution in [-0.4, -0.2) is 23.9 Å². The molecular weight excluding hydrogens is 128 g/mol. The van der Waals surface area contributed by atoms with Crippen LogP contribution in [-0.2, 0) is 4.74 Å².